The van der Waals surface area contributed by atoms with Gasteiger partial charge in [0.1, 0.15) is 5.69 Å². The van der Waals surface area contributed by atoms with Crippen LogP contribution in [0.15, 0.2) is 29.6 Å². The van der Waals surface area contributed by atoms with Gasteiger partial charge in [-0.2, -0.15) is 13.9 Å². The molecule has 3 rings (SSSR count). The monoisotopic (exact) mass is 408 g/mol. The standard InChI is InChI=1S/C18H15ClF2N4OS/c1-4-17(3,5-2)23-16(26)12-10-15-22-11(13-7-6-8-27-13)9-14(18(19,20)21)25(15)24-12/h1,6-10H,5H2,2-3H3,(H,23,26)/t17-/m1/s1. The number of rotatable bonds is 5. The van der Waals surface area contributed by atoms with E-state index >= 15 is 0 Å². The number of amides is 1. The predicted octanol–water partition coefficient (Wildman–Crippen LogP) is 4.28. The summed E-state index contributed by atoms with van der Waals surface area (Å²) in [7, 11) is 0. The van der Waals surface area contributed by atoms with Crippen molar-refractivity contribution >= 4 is 34.5 Å². The van der Waals surface area contributed by atoms with Crippen LogP contribution in [0.5, 0.6) is 0 Å². The molecule has 0 aliphatic rings. The van der Waals surface area contributed by atoms with E-state index in [0.29, 0.717) is 17.0 Å². The normalized spacial score (nSPS) is 13.9. The van der Waals surface area contributed by atoms with E-state index in [1.54, 1.807) is 24.4 Å². The van der Waals surface area contributed by atoms with Crippen LogP contribution in [0.2, 0.25) is 0 Å². The minimum absolute atomic E-state index is 0.0806. The Balaban J connectivity index is 2.11. The molecule has 0 saturated heterocycles. The van der Waals surface area contributed by atoms with Crippen LogP contribution in [0, 0.1) is 12.3 Å². The average Bonchev–Trinajstić information content (AvgIpc) is 3.29. The third kappa shape index (κ3) is 3.80. The van der Waals surface area contributed by atoms with Gasteiger partial charge >= 0.3 is 5.38 Å². The number of nitrogens with one attached hydrogen (secondary N) is 1. The Morgan fingerprint density at radius 2 is 2.22 bits per heavy atom. The topological polar surface area (TPSA) is 59.3 Å². The van der Waals surface area contributed by atoms with E-state index in [9.17, 15) is 13.6 Å². The van der Waals surface area contributed by atoms with Gasteiger partial charge in [-0.3, -0.25) is 4.79 Å². The van der Waals surface area contributed by atoms with Crippen molar-refractivity contribution in [2.75, 3.05) is 0 Å². The summed E-state index contributed by atoms with van der Waals surface area (Å²) < 4.78 is 28.8. The van der Waals surface area contributed by atoms with Crippen molar-refractivity contribution in [1.29, 1.82) is 0 Å². The number of nitrogens with zero attached hydrogens (tertiary/aromatic N) is 3. The van der Waals surface area contributed by atoms with Crippen molar-refractivity contribution in [1.82, 2.24) is 19.9 Å². The molecule has 3 heterocycles. The molecule has 0 aliphatic carbocycles. The molecule has 1 atom stereocenters. The maximum absolute atomic E-state index is 13.9. The molecule has 3 aromatic rings. The lowest BCUT2D eigenvalue weighted by atomic mass is 10.0. The van der Waals surface area contributed by atoms with E-state index in [4.69, 9.17) is 18.0 Å². The zero-order valence-corrected chi connectivity index (χ0v) is 16.0. The maximum Gasteiger partial charge on any atom is 0.364 e. The highest BCUT2D eigenvalue weighted by molar-refractivity contribution is 7.13. The second kappa shape index (κ2) is 6.91. The zero-order valence-electron chi connectivity index (χ0n) is 14.5. The van der Waals surface area contributed by atoms with Crippen LogP contribution in [0.3, 0.4) is 0 Å². The smallest absolute Gasteiger partial charge is 0.335 e. The van der Waals surface area contributed by atoms with Crippen LogP contribution >= 0.6 is 22.9 Å². The van der Waals surface area contributed by atoms with Gasteiger partial charge in [0.15, 0.2) is 11.3 Å². The SMILES string of the molecule is C#C[C@](C)(CC)NC(=O)c1cc2nc(-c3cccs3)cc(C(F)(F)Cl)n2n1. The molecule has 9 heteroatoms. The number of hydrogen-bond acceptors (Lipinski definition) is 4. The highest BCUT2D eigenvalue weighted by Gasteiger charge is 2.33. The summed E-state index contributed by atoms with van der Waals surface area (Å²) in [6.45, 7) is 3.51. The number of carbonyl (C=O) groups is 1. The van der Waals surface area contributed by atoms with Crippen molar-refractivity contribution in [3.8, 4) is 22.9 Å². The van der Waals surface area contributed by atoms with Crippen molar-refractivity contribution < 1.29 is 13.6 Å². The molecule has 0 unspecified atom stereocenters. The summed E-state index contributed by atoms with van der Waals surface area (Å²) in [6.07, 6.45) is 5.95. The summed E-state index contributed by atoms with van der Waals surface area (Å²) >= 11 is 6.61. The molecule has 1 amide bonds. The third-order valence-corrected chi connectivity index (χ3v) is 5.22. The number of carbonyl (C=O) groups excluding carboxylic acids is 1. The van der Waals surface area contributed by atoms with Gasteiger partial charge in [-0.05, 0) is 42.5 Å². The Labute approximate surface area is 163 Å². The second-order valence-electron chi connectivity index (χ2n) is 6.09. The summed E-state index contributed by atoms with van der Waals surface area (Å²) in [5.41, 5.74) is -1.13. The van der Waals surface area contributed by atoms with Gasteiger partial charge in [0.2, 0.25) is 0 Å². The summed E-state index contributed by atoms with van der Waals surface area (Å²) in [6, 6.07) is 6.03. The fourth-order valence-electron chi connectivity index (χ4n) is 2.38. The predicted molar refractivity (Wildman–Crippen MR) is 101 cm³/mol. The molecule has 0 fully saturated rings. The average molecular weight is 409 g/mol. The second-order valence-corrected chi connectivity index (χ2v) is 7.51. The number of terminal acetylenes is 1. The molecule has 27 heavy (non-hydrogen) atoms. The van der Waals surface area contributed by atoms with Crippen LogP contribution in [0.25, 0.3) is 16.2 Å². The molecule has 140 valence electrons. The molecular formula is C18H15ClF2N4OS. The fraction of sp³-hybridized carbons (Fsp3) is 0.278. The Bertz CT molecular complexity index is 1040. The summed E-state index contributed by atoms with van der Waals surface area (Å²) in [4.78, 5) is 17.5. The number of hydrogen-bond donors (Lipinski definition) is 1. The number of halogens is 3. The minimum Gasteiger partial charge on any atom is -0.335 e. The maximum atomic E-state index is 13.9. The first-order chi connectivity index (χ1) is 12.7. The van der Waals surface area contributed by atoms with Crippen molar-refractivity contribution in [3.63, 3.8) is 0 Å². The van der Waals surface area contributed by atoms with Gasteiger partial charge in [0, 0.05) is 6.07 Å². The number of fused-ring (bicyclic) bond motifs is 1. The first kappa shape index (κ1) is 19.3. The third-order valence-electron chi connectivity index (χ3n) is 4.14. The van der Waals surface area contributed by atoms with Gasteiger partial charge in [-0.15, -0.1) is 17.8 Å². The molecule has 0 spiro atoms. The summed E-state index contributed by atoms with van der Waals surface area (Å²) in [5, 5.41) is 4.76. The zero-order chi connectivity index (χ0) is 19.8. The Morgan fingerprint density at radius 3 is 2.78 bits per heavy atom. The summed E-state index contributed by atoms with van der Waals surface area (Å²) in [5.74, 6) is 1.92. The van der Waals surface area contributed by atoms with Gasteiger partial charge in [-0.25, -0.2) is 9.50 Å². The number of thiophene rings is 1. The quantitative estimate of drug-likeness (QED) is 0.506. The molecular weight excluding hydrogens is 394 g/mol. The van der Waals surface area contributed by atoms with Gasteiger partial charge in [-0.1, -0.05) is 18.9 Å². The Hall–Kier alpha value is -2.50. The van der Waals surface area contributed by atoms with Crippen LogP contribution in [-0.2, 0) is 5.38 Å². The fourth-order valence-corrected chi connectivity index (χ4v) is 3.20. The van der Waals surface area contributed by atoms with Gasteiger partial charge in [0.25, 0.3) is 5.91 Å². The number of aromatic nitrogens is 3. The van der Waals surface area contributed by atoms with Crippen LogP contribution in [0.4, 0.5) is 8.78 Å². The van der Waals surface area contributed by atoms with Crippen molar-refractivity contribution in [3.05, 3.63) is 41.0 Å². The van der Waals surface area contributed by atoms with Gasteiger partial charge < -0.3 is 5.32 Å². The van der Waals surface area contributed by atoms with E-state index in [2.05, 4.69) is 21.3 Å². The first-order valence-corrected chi connectivity index (χ1v) is 9.25. The lowest BCUT2D eigenvalue weighted by Gasteiger charge is -2.22. The molecule has 5 nitrogen and oxygen atoms in total. The molecule has 0 aromatic carbocycles. The highest BCUT2D eigenvalue weighted by Crippen LogP contribution is 2.35. The van der Waals surface area contributed by atoms with Crippen LogP contribution < -0.4 is 5.32 Å². The molecule has 3 aromatic heterocycles. The number of alkyl halides is 3. The van der Waals surface area contributed by atoms with E-state index < -0.39 is 22.5 Å². The van der Waals surface area contributed by atoms with E-state index in [1.807, 2.05) is 6.92 Å². The van der Waals surface area contributed by atoms with Crippen LogP contribution in [-0.4, -0.2) is 26.0 Å². The first-order valence-electron chi connectivity index (χ1n) is 7.99. The van der Waals surface area contributed by atoms with Crippen molar-refractivity contribution in [2.45, 2.75) is 31.2 Å². The minimum atomic E-state index is -3.69. The lowest BCUT2D eigenvalue weighted by Crippen LogP contribution is -2.44. The molecule has 0 aliphatic heterocycles. The molecule has 0 radical (unpaired) electrons. The van der Waals surface area contributed by atoms with Crippen molar-refractivity contribution in [2.24, 2.45) is 0 Å². The molecule has 0 saturated carbocycles. The molecule has 1 N–H and O–H groups in total. The lowest BCUT2D eigenvalue weighted by molar-refractivity contribution is 0.0862. The largest absolute Gasteiger partial charge is 0.364 e. The Kier molecular flexibility index (Phi) is 4.93. The van der Waals surface area contributed by atoms with E-state index in [1.165, 1.54) is 17.4 Å². The van der Waals surface area contributed by atoms with E-state index in [0.717, 1.165) is 10.6 Å². The van der Waals surface area contributed by atoms with Crippen LogP contribution in [0.1, 0.15) is 36.5 Å². The Morgan fingerprint density at radius 1 is 1.48 bits per heavy atom. The van der Waals surface area contributed by atoms with Gasteiger partial charge in [0.05, 0.1) is 16.1 Å². The van der Waals surface area contributed by atoms with E-state index in [-0.39, 0.29) is 11.3 Å². The highest BCUT2D eigenvalue weighted by atomic mass is 35.5. The molecule has 0 bridgehead atoms.